The molecule has 6 nitrogen and oxygen atoms in total. The number of guanidine groups is 1. The molecule has 0 unspecified atom stereocenters. The van der Waals surface area contributed by atoms with Crippen LogP contribution in [0.4, 0.5) is 13.2 Å². The van der Waals surface area contributed by atoms with Gasteiger partial charge in [-0.2, -0.15) is 13.2 Å². The maximum absolute atomic E-state index is 12.2. The van der Waals surface area contributed by atoms with E-state index >= 15 is 0 Å². The van der Waals surface area contributed by atoms with Crippen LogP contribution in [0.15, 0.2) is 27.8 Å². The molecule has 1 amide bonds. The van der Waals surface area contributed by atoms with Crippen molar-refractivity contribution in [3.63, 3.8) is 0 Å². The molecule has 0 bridgehead atoms. The van der Waals surface area contributed by atoms with E-state index in [9.17, 15) is 18.0 Å². The van der Waals surface area contributed by atoms with Crippen LogP contribution in [-0.4, -0.2) is 67.6 Å². The van der Waals surface area contributed by atoms with Gasteiger partial charge in [0.15, 0.2) is 11.7 Å². The number of nitrogens with one attached hydrogen (secondary N) is 1. The summed E-state index contributed by atoms with van der Waals surface area (Å²) in [7, 11) is 1.52. The lowest BCUT2D eigenvalue weighted by Crippen LogP contribution is -2.54. The Kier molecular flexibility index (Phi) is 7.84. The van der Waals surface area contributed by atoms with Gasteiger partial charge in [0.25, 0.3) is 5.91 Å². The van der Waals surface area contributed by atoms with Gasteiger partial charge in [0.1, 0.15) is 0 Å². The second-order valence-electron chi connectivity index (χ2n) is 5.10. The Balaban J connectivity index is 0.00000288. The van der Waals surface area contributed by atoms with Gasteiger partial charge in [0.2, 0.25) is 0 Å². The number of carbonyl (C=O) groups excluding carboxylic acids is 1. The minimum atomic E-state index is -4.19. The molecule has 1 saturated heterocycles. The molecule has 0 saturated carbocycles. The minimum Gasteiger partial charge on any atom is -0.459 e. The summed E-state index contributed by atoms with van der Waals surface area (Å²) >= 11 is 0. The molecule has 1 aromatic heterocycles. The van der Waals surface area contributed by atoms with E-state index in [4.69, 9.17) is 4.42 Å². The highest BCUT2D eigenvalue weighted by Gasteiger charge is 2.28. The maximum Gasteiger partial charge on any atom is 0.390 e. The molecule has 1 aliphatic heterocycles. The Morgan fingerprint density at radius 3 is 2.42 bits per heavy atom. The second kappa shape index (κ2) is 9.14. The van der Waals surface area contributed by atoms with E-state index in [1.807, 2.05) is 4.90 Å². The predicted octanol–water partition coefficient (Wildman–Crippen LogP) is 2.18. The molecule has 0 radical (unpaired) electrons. The predicted molar refractivity (Wildman–Crippen MR) is 93.6 cm³/mol. The highest BCUT2D eigenvalue weighted by molar-refractivity contribution is 14.0. The number of halogens is 4. The number of alkyl halides is 3. The zero-order chi connectivity index (χ0) is 16.9. The van der Waals surface area contributed by atoms with E-state index < -0.39 is 12.6 Å². The summed E-state index contributed by atoms with van der Waals surface area (Å²) in [5.74, 6) is 0.514. The molecule has 1 fully saturated rings. The summed E-state index contributed by atoms with van der Waals surface area (Å²) in [6, 6.07) is 3.25. The lowest BCUT2D eigenvalue weighted by atomic mass is 10.3. The van der Waals surface area contributed by atoms with Crippen LogP contribution in [0.5, 0.6) is 0 Å². The van der Waals surface area contributed by atoms with Crippen LogP contribution in [0.3, 0.4) is 0 Å². The zero-order valence-corrected chi connectivity index (χ0v) is 15.5. The Morgan fingerprint density at radius 1 is 1.29 bits per heavy atom. The van der Waals surface area contributed by atoms with Crippen molar-refractivity contribution in [1.82, 2.24) is 15.1 Å². The number of aliphatic imine (C=N–C) groups is 1. The van der Waals surface area contributed by atoms with Crippen molar-refractivity contribution in [2.75, 3.05) is 39.8 Å². The molecule has 10 heteroatoms. The average molecular weight is 460 g/mol. The number of rotatable bonds is 3. The van der Waals surface area contributed by atoms with Gasteiger partial charge in [0, 0.05) is 39.8 Å². The summed E-state index contributed by atoms with van der Waals surface area (Å²) in [4.78, 5) is 19.6. The van der Waals surface area contributed by atoms with Crippen LogP contribution in [0.2, 0.25) is 0 Å². The summed E-state index contributed by atoms with van der Waals surface area (Å²) < 4.78 is 41.6. The lowest BCUT2D eigenvalue weighted by Gasteiger charge is -2.36. The number of carbonyl (C=O) groups is 1. The van der Waals surface area contributed by atoms with Crippen LogP contribution in [0, 0.1) is 0 Å². The molecule has 136 valence electrons. The summed E-state index contributed by atoms with van der Waals surface area (Å²) in [5.41, 5.74) is 0. The Hall–Kier alpha value is -1.46. The van der Waals surface area contributed by atoms with E-state index in [-0.39, 0.29) is 42.2 Å². The van der Waals surface area contributed by atoms with Crippen molar-refractivity contribution in [3.8, 4) is 0 Å². The fraction of sp³-hybridized carbons (Fsp3) is 0.571. The first-order chi connectivity index (χ1) is 10.9. The molecular formula is C14H20F3IN4O2. The summed E-state index contributed by atoms with van der Waals surface area (Å²) in [5, 5.41) is 2.70. The molecular weight excluding hydrogens is 440 g/mol. The molecule has 0 atom stereocenters. The topological polar surface area (TPSA) is 61.1 Å². The van der Waals surface area contributed by atoms with Gasteiger partial charge in [0.05, 0.1) is 12.7 Å². The van der Waals surface area contributed by atoms with Crippen molar-refractivity contribution in [2.45, 2.75) is 12.6 Å². The van der Waals surface area contributed by atoms with Gasteiger partial charge in [-0.15, -0.1) is 24.0 Å². The van der Waals surface area contributed by atoms with E-state index in [0.717, 1.165) is 0 Å². The van der Waals surface area contributed by atoms with E-state index in [1.165, 1.54) is 13.3 Å². The normalized spacial score (nSPS) is 15.9. The Bertz CT molecular complexity index is 541. The first-order valence-corrected chi connectivity index (χ1v) is 7.26. The quantitative estimate of drug-likeness (QED) is 0.427. The zero-order valence-electron chi connectivity index (χ0n) is 13.2. The highest BCUT2D eigenvalue weighted by Crippen LogP contribution is 2.18. The van der Waals surface area contributed by atoms with Gasteiger partial charge in [-0.1, -0.05) is 0 Å². The highest BCUT2D eigenvalue weighted by atomic mass is 127. The fourth-order valence-electron chi connectivity index (χ4n) is 2.33. The smallest absolute Gasteiger partial charge is 0.390 e. The van der Waals surface area contributed by atoms with Crippen LogP contribution in [-0.2, 0) is 0 Å². The monoisotopic (exact) mass is 460 g/mol. The van der Waals surface area contributed by atoms with Gasteiger partial charge in [-0.05, 0) is 12.1 Å². The van der Waals surface area contributed by atoms with Crippen LogP contribution in [0.1, 0.15) is 17.0 Å². The number of amides is 1. The van der Waals surface area contributed by atoms with Crippen molar-refractivity contribution < 1.29 is 22.4 Å². The van der Waals surface area contributed by atoms with Gasteiger partial charge < -0.3 is 19.5 Å². The minimum absolute atomic E-state index is 0. The van der Waals surface area contributed by atoms with Crippen molar-refractivity contribution in [1.29, 1.82) is 0 Å². The van der Waals surface area contributed by atoms with Gasteiger partial charge >= 0.3 is 6.18 Å². The molecule has 0 spiro atoms. The standard InChI is InChI=1S/C14H19F3N4O2.HI/c1-18-13(19-5-4-14(15,16)17)21-8-6-20(7-9-21)12(22)11-3-2-10-23-11;/h2-3,10H,4-9H2,1H3,(H,18,19);1H. The van der Waals surface area contributed by atoms with Crippen LogP contribution < -0.4 is 5.32 Å². The lowest BCUT2D eigenvalue weighted by molar-refractivity contribution is -0.132. The SMILES string of the molecule is CN=C(NCCC(F)(F)F)N1CCN(C(=O)c2ccco2)CC1.I. The Morgan fingerprint density at radius 2 is 1.92 bits per heavy atom. The van der Waals surface area contributed by atoms with E-state index in [0.29, 0.717) is 32.1 Å². The number of hydrogen-bond acceptors (Lipinski definition) is 3. The Labute approximate surface area is 155 Å². The summed E-state index contributed by atoms with van der Waals surface area (Å²) in [6.07, 6.45) is -3.67. The molecule has 0 aromatic carbocycles. The third kappa shape index (κ3) is 5.87. The average Bonchev–Trinajstić information content (AvgIpc) is 3.04. The van der Waals surface area contributed by atoms with Gasteiger partial charge in [-0.3, -0.25) is 9.79 Å². The number of furan rings is 1. The van der Waals surface area contributed by atoms with Crippen LogP contribution >= 0.6 is 24.0 Å². The summed E-state index contributed by atoms with van der Waals surface area (Å²) in [6.45, 7) is 1.69. The van der Waals surface area contributed by atoms with Crippen LogP contribution in [0.25, 0.3) is 0 Å². The molecule has 2 rings (SSSR count). The first kappa shape index (κ1) is 20.6. The molecule has 1 aliphatic rings. The molecule has 2 heterocycles. The molecule has 1 aromatic rings. The third-order valence-corrected chi connectivity index (χ3v) is 3.50. The van der Waals surface area contributed by atoms with Crippen molar-refractivity contribution >= 4 is 35.8 Å². The van der Waals surface area contributed by atoms with E-state index in [1.54, 1.807) is 17.0 Å². The van der Waals surface area contributed by atoms with E-state index in [2.05, 4.69) is 10.3 Å². The van der Waals surface area contributed by atoms with Crippen molar-refractivity contribution in [2.24, 2.45) is 4.99 Å². The molecule has 1 N–H and O–H groups in total. The van der Waals surface area contributed by atoms with Gasteiger partial charge in [-0.25, -0.2) is 0 Å². The number of hydrogen-bond donors (Lipinski definition) is 1. The fourth-order valence-corrected chi connectivity index (χ4v) is 2.33. The number of nitrogens with zero attached hydrogens (tertiary/aromatic N) is 3. The second-order valence-corrected chi connectivity index (χ2v) is 5.10. The first-order valence-electron chi connectivity index (χ1n) is 7.26. The molecule has 24 heavy (non-hydrogen) atoms. The number of piperazine rings is 1. The maximum atomic E-state index is 12.2. The third-order valence-electron chi connectivity index (χ3n) is 3.50. The largest absolute Gasteiger partial charge is 0.459 e. The molecule has 0 aliphatic carbocycles. The van der Waals surface area contributed by atoms with Crippen molar-refractivity contribution in [3.05, 3.63) is 24.2 Å².